The van der Waals surface area contributed by atoms with E-state index in [1.807, 2.05) is 65.0 Å². The maximum absolute atomic E-state index is 13.0. The quantitative estimate of drug-likeness (QED) is 0.733. The third-order valence-corrected chi connectivity index (χ3v) is 5.05. The van der Waals surface area contributed by atoms with Crippen LogP contribution in [0.15, 0.2) is 30.3 Å². The minimum Gasteiger partial charge on any atom is -0.444 e. The summed E-state index contributed by atoms with van der Waals surface area (Å²) in [6, 6.07) is 9.35. The van der Waals surface area contributed by atoms with Crippen LogP contribution in [-0.4, -0.2) is 42.0 Å². The maximum Gasteiger partial charge on any atom is 0.410 e. The number of benzene rings is 1. The SMILES string of the molecule is CC(C)C(O)C(c1ccccc1)N(C[Si](C)(C)C)C(=O)OC(C)(C)C. The molecule has 2 unspecified atom stereocenters. The molecule has 1 amide bonds. The molecule has 25 heavy (non-hydrogen) atoms. The van der Waals surface area contributed by atoms with Gasteiger partial charge in [0, 0.05) is 6.17 Å². The number of carbonyl (C=O) groups is 1. The molecule has 1 rings (SSSR count). The average molecular weight is 366 g/mol. The molecule has 1 N–H and O–H groups in total. The fourth-order valence-electron chi connectivity index (χ4n) is 2.68. The summed E-state index contributed by atoms with van der Waals surface area (Å²) in [7, 11) is -1.62. The lowest BCUT2D eigenvalue weighted by Gasteiger charge is -2.40. The van der Waals surface area contributed by atoms with Gasteiger partial charge >= 0.3 is 6.09 Å². The van der Waals surface area contributed by atoms with Gasteiger partial charge in [0.2, 0.25) is 0 Å². The smallest absolute Gasteiger partial charge is 0.410 e. The largest absolute Gasteiger partial charge is 0.444 e. The Balaban J connectivity index is 3.34. The molecule has 5 heteroatoms. The van der Waals surface area contributed by atoms with E-state index in [0.29, 0.717) is 6.17 Å². The Morgan fingerprint density at radius 1 is 1.16 bits per heavy atom. The van der Waals surface area contributed by atoms with E-state index in [0.717, 1.165) is 5.56 Å². The summed E-state index contributed by atoms with van der Waals surface area (Å²) in [5.74, 6) is 0.0248. The molecule has 1 aromatic rings. The second-order valence-corrected chi connectivity index (χ2v) is 14.7. The molecule has 0 aliphatic carbocycles. The Bertz CT molecular complexity index is 546. The van der Waals surface area contributed by atoms with Crippen molar-refractivity contribution in [3.05, 3.63) is 35.9 Å². The van der Waals surface area contributed by atoms with Crippen LogP contribution < -0.4 is 0 Å². The normalized spacial score (nSPS) is 15.0. The van der Waals surface area contributed by atoms with Crippen molar-refractivity contribution in [3.8, 4) is 0 Å². The Kier molecular flexibility index (Phi) is 7.26. The molecule has 0 bridgehead atoms. The highest BCUT2D eigenvalue weighted by Gasteiger charge is 2.37. The fourth-order valence-corrected chi connectivity index (χ4v) is 4.03. The third-order valence-electron chi connectivity index (χ3n) is 3.76. The van der Waals surface area contributed by atoms with Crippen LogP contribution in [0.25, 0.3) is 0 Å². The molecule has 2 atom stereocenters. The molecular formula is C20H35NO3Si. The van der Waals surface area contributed by atoms with Crippen molar-refractivity contribution in [1.82, 2.24) is 4.90 Å². The van der Waals surface area contributed by atoms with Crippen molar-refractivity contribution < 1.29 is 14.6 Å². The van der Waals surface area contributed by atoms with Gasteiger partial charge in [-0.1, -0.05) is 63.8 Å². The summed E-state index contributed by atoms with van der Waals surface area (Å²) in [4.78, 5) is 14.7. The third kappa shape index (κ3) is 7.20. The van der Waals surface area contributed by atoms with Gasteiger partial charge < -0.3 is 14.7 Å². The van der Waals surface area contributed by atoms with Gasteiger partial charge in [0.15, 0.2) is 0 Å². The lowest BCUT2D eigenvalue weighted by Crippen LogP contribution is -2.51. The van der Waals surface area contributed by atoms with Gasteiger partial charge in [0.1, 0.15) is 5.60 Å². The minimum absolute atomic E-state index is 0.0248. The number of aliphatic hydroxyl groups excluding tert-OH is 1. The Labute approximate surface area is 154 Å². The van der Waals surface area contributed by atoms with E-state index in [9.17, 15) is 9.90 Å². The zero-order valence-electron chi connectivity index (χ0n) is 17.0. The van der Waals surface area contributed by atoms with E-state index in [2.05, 4.69) is 19.6 Å². The summed E-state index contributed by atoms with van der Waals surface area (Å²) in [5.41, 5.74) is 0.367. The molecule has 0 aliphatic rings. The fraction of sp³-hybridized carbons (Fsp3) is 0.650. The summed E-state index contributed by atoms with van der Waals surface area (Å²) in [6.45, 7) is 16.2. The Morgan fingerprint density at radius 3 is 2.08 bits per heavy atom. The number of ether oxygens (including phenoxy) is 1. The number of nitrogens with zero attached hydrogens (tertiary/aromatic N) is 1. The predicted molar refractivity (Wildman–Crippen MR) is 106 cm³/mol. The first-order chi connectivity index (χ1) is 11.3. The van der Waals surface area contributed by atoms with E-state index < -0.39 is 25.8 Å². The van der Waals surface area contributed by atoms with Crippen molar-refractivity contribution in [2.24, 2.45) is 5.92 Å². The average Bonchev–Trinajstić information content (AvgIpc) is 2.44. The van der Waals surface area contributed by atoms with E-state index in [4.69, 9.17) is 4.74 Å². The molecule has 0 saturated carbocycles. The number of carbonyl (C=O) groups excluding carboxylic acids is 1. The molecule has 4 nitrogen and oxygen atoms in total. The van der Waals surface area contributed by atoms with Crippen LogP contribution in [0.4, 0.5) is 4.79 Å². The predicted octanol–water partition coefficient (Wildman–Crippen LogP) is 4.86. The molecule has 142 valence electrons. The number of hydrogen-bond donors (Lipinski definition) is 1. The second-order valence-electron chi connectivity index (χ2n) is 9.26. The van der Waals surface area contributed by atoms with Gasteiger partial charge in [0.25, 0.3) is 0 Å². The maximum atomic E-state index is 13.0. The highest BCUT2D eigenvalue weighted by molar-refractivity contribution is 6.76. The molecular weight excluding hydrogens is 330 g/mol. The van der Waals surface area contributed by atoms with Crippen molar-refractivity contribution in [1.29, 1.82) is 0 Å². The van der Waals surface area contributed by atoms with Gasteiger partial charge in [-0.2, -0.15) is 0 Å². The molecule has 1 aromatic carbocycles. The van der Waals surface area contributed by atoms with Crippen LogP contribution in [0.5, 0.6) is 0 Å². The van der Waals surface area contributed by atoms with Gasteiger partial charge in [-0.25, -0.2) is 4.79 Å². The minimum atomic E-state index is -1.62. The van der Waals surface area contributed by atoms with Crippen molar-refractivity contribution in [2.75, 3.05) is 6.17 Å². The molecule has 0 aliphatic heterocycles. The van der Waals surface area contributed by atoms with Crippen LogP contribution in [0.3, 0.4) is 0 Å². The first-order valence-corrected chi connectivity index (χ1v) is 12.7. The van der Waals surface area contributed by atoms with Crippen molar-refractivity contribution in [2.45, 2.75) is 72.0 Å². The van der Waals surface area contributed by atoms with E-state index >= 15 is 0 Å². The highest BCUT2D eigenvalue weighted by Crippen LogP contribution is 2.31. The monoisotopic (exact) mass is 365 g/mol. The zero-order valence-corrected chi connectivity index (χ0v) is 18.0. The number of rotatable bonds is 6. The van der Waals surface area contributed by atoms with Crippen LogP contribution in [0.2, 0.25) is 19.6 Å². The van der Waals surface area contributed by atoms with Crippen LogP contribution in [-0.2, 0) is 4.74 Å². The standard InChI is InChI=1S/C20H35NO3Si/c1-15(2)18(22)17(16-12-10-9-11-13-16)21(14-25(6,7)8)19(23)24-20(3,4)5/h9-13,15,17-18,22H,14H2,1-8H3. The Morgan fingerprint density at radius 2 is 1.68 bits per heavy atom. The molecule has 0 saturated heterocycles. The topological polar surface area (TPSA) is 49.8 Å². The number of amides is 1. The van der Waals surface area contributed by atoms with E-state index in [1.54, 1.807) is 4.90 Å². The number of aliphatic hydroxyl groups is 1. The second kappa shape index (κ2) is 8.36. The zero-order chi connectivity index (χ0) is 19.4. The van der Waals surface area contributed by atoms with Crippen molar-refractivity contribution >= 4 is 14.2 Å². The van der Waals surface area contributed by atoms with Gasteiger partial charge in [-0.05, 0) is 32.3 Å². The van der Waals surface area contributed by atoms with Gasteiger partial charge in [0.05, 0.1) is 20.2 Å². The summed E-state index contributed by atoms with van der Waals surface area (Å²) < 4.78 is 5.68. The van der Waals surface area contributed by atoms with Crippen LogP contribution >= 0.6 is 0 Å². The van der Waals surface area contributed by atoms with Gasteiger partial charge in [-0.15, -0.1) is 0 Å². The lowest BCUT2D eigenvalue weighted by molar-refractivity contribution is -0.0120. The molecule has 0 heterocycles. The van der Waals surface area contributed by atoms with Gasteiger partial charge in [-0.3, -0.25) is 0 Å². The van der Waals surface area contributed by atoms with E-state index in [1.165, 1.54) is 0 Å². The summed E-state index contributed by atoms with van der Waals surface area (Å²) in [5, 5.41) is 10.9. The lowest BCUT2D eigenvalue weighted by atomic mass is 9.93. The first kappa shape index (κ1) is 21.7. The first-order valence-electron chi connectivity index (χ1n) is 9.04. The summed E-state index contributed by atoms with van der Waals surface area (Å²) >= 11 is 0. The molecule has 0 aromatic heterocycles. The molecule has 0 radical (unpaired) electrons. The molecule has 0 spiro atoms. The summed E-state index contributed by atoms with van der Waals surface area (Å²) in [6.07, 6.45) is -0.389. The van der Waals surface area contributed by atoms with E-state index in [-0.39, 0.29) is 12.0 Å². The van der Waals surface area contributed by atoms with Crippen LogP contribution in [0.1, 0.15) is 46.2 Å². The van der Waals surface area contributed by atoms with Crippen molar-refractivity contribution in [3.63, 3.8) is 0 Å². The number of hydrogen-bond acceptors (Lipinski definition) is 3. The highest BCUT2D eigenvalue weighted by atomic mass is 28.3. The molecule has 0 fully saturated rings. The van der Waals surface area contributed by atoms with Crippen LogP contribution in [0, 0.1) is 5.92 Å². The Hall–Kier alpha value is -1.33.